The fourth-order valence-corrected chi connectivity index (χ4v) is 4.72. The molecule has 0 fully saturated rings. The monoisotopic (exact) mass is 449 g/mol. The summed E-state index contributed by atoms with van der Waals surface area (Å²) in [4.78, 5) is 11.0. The fraction of sp³-hybridized carbons (Fsp3) is 0.0952. The first-order valence-corrected chi connectivity index (χ1v) is 10.9. The Hall–Kier alpha value is -2.54. The van der Waals surface area contributed by atoms with E-state index in [2.05, 4.69) is 4.72 Å². The van der Waals surface area contributed by atoms with E-state index in [1.165, 1.54) is 24.3 Å². The van der Waals surface area contributed by atoms with Crippen molar-refractivity contribution in [3.8, 4) is 0 Å². The lowest BCUT2D eigenvalue weighted by Gasteiger charge is -2.14. The summed E-state index contributed by atoms with van der Waals surface area (Å²) in [5, 5.41) is 9.46. The number of carboxylic acid groups (broad SMARTS) is 1. The smallest absolute Gasteiger partial charge is 0.335 e. The molecule has 150 valence electrons. The second-order valence-corrected chi connectivity index (χ2v) is 8.84. The molecule has 0 aliphatic heterocycles. The number of nitrogens with one attached hydrogen (secondary N) is 1. The van der Waals surface area contributed by atoms with Crippen LogP contribution in [-0.4, -0.2) is 19.5 Å². The van der Waals surface area contributed by atoms with Gasteiger partial charge in [-0.25, -0.2) is 13.2 Å². The van der Waals surface area contributed by atoms with Crippen LogP contribution in [0.5, 0.6) is 0 Å². The summed E-state index contributed by atoms with van der Waals surface area (Å²) >= 11 is 12.0. The van der Waals surface area contributed by atoms with Crippen molar-refractivity contribution in [1.82, 2.24) is 0 Å². The molecule has 2 N–H and O–H groups in total. The molecule has 0 saturated carbocycles. The van der Waals surface area contributed by atoms with Crippen LogP contribution < -0.4 is 4.72 Å². The van der Waals surface area contributed by atoms with E-state index < -0.39 is 16.0 Å². The zero-order valence-corrected chi connectivity index (χ0v) is 17.4. The molecule has 29 heavy (non-hydrogen) atoms. The molecule has 0 aliphatic carbocycles. The van der Waals surface area contributed by atoms with Crippen LogP contribution in [0, 0.1) is 0 Å². The average Bonchev–Trinajstić information content (AvgIpc) is 2.69. The van der Waals surface area contributed by atoms with E-state index in [0.717, 1.165) is 11.1 Å². The van der Waals surface area contributed by atoms with Crippen molar-refractivity contribution in [2.75, 3.05) is 4.72 Å². The van der Waals surface area contributed by atoms with Crippen LogP contribution in [0.2, 0.25) is 10.0 Å². The molecule has 0 atom stereocenters. The molecular formula is C21H17Cl2NO4S. The number of anilines is 1. The molecule has 0 amide bonds. The number of carboxylic acids is 1. The summed E-state index contributed by atoms with van der Waals surface area (Å²) in [6.07, 6.45) is 1.07. The van der Waals surface area contributed by atoms with Crippen molar-refractivity contribution in [3.05, 3.63) is 93.5 Å². The van der Waals surface area contributed by atoms with E-state index in [-0.39, 0.29) is 20.5 Å². The van der Waals surface area contributed by atoms with Gasteiger partial charge >= 0.3 is 5.97 Å². The lowest BCUT2D eigenvalue weighted by atomic mass is 10.0. The Morgan fingerprint density at radius 1 is 0.931 bits per heavy atom. The average molecular weight is 450 g/mol. The first kappa shape index (κ1) is 21.2. The minimum atomic E-state index is -3.93. The molecule has 0 spiro atoms. The van der Waals surface area contributed by atoms with Gasteiger partial charge in [-0.05, 0) is 60.4 Å². The Balaban J connectivity index is 1.83. The number of sulfonamides is 1. The zero-order chi connectivity index (χ0) is 21.0. The number of hydrogen-bond donors (Lipinski definition) is 2. The van der Waals surface area contributed by atoms with Crippen LogP contribution in [0.1, 0.15) is 21.5 Å². The standard InChI is InChI=1S/C21H17Cl2NO4S/c22-17-10-11-18(23)20(13-17)29(27,28)24-19-7-2-1-5-15(19)9-8-14-4-3-6-16(12-14)21(25)26/h1-7,10-13,24H,8-9H2,(H,25,26). The van der Waals surface area contributed by atoms with Gasteiger partial charge in [-0.15, -0.1) is 0 Å². The molecule has 0 heterocycles. The van der Waals surface area contributed by atoms with E-state index in [1.807, 2.05) is 18.2 Å². The lowest BCUT2D eigenvalue weighted by molar-refractivity contribution is 0.0696. The Morgan fingerprint density at radius 3 is 2.45 bits per heavy atom. The Labute approximate surface area is 179 Å². The van der Waals surface area contributed by atoms with E-state index >= 15 is 0 Å². The van der Waals surface area contributed by atoms with Crippen LogP contribution >= 0.6 is 23.2 Å². The number of carbonyl (C=O) groups is 1. The third-order valence-corrected chi connectivity index (χ3v) is 6.38. The van der Waals surface area contributed by atoms with E-state index in [9.17, 15) is 13.2 Å². The molecule has 8 heteroatoms. The maximum Gasteiger partial charge on any atom is 0.335 e. The van der Waals surface area contributed by atoms with Crippen molar-refractivity contribution in [2.24, 2.45) is 0 Å². The Morgan fingerprint density at radius 2 is 1.69 bits per heavy atom. The number of para-hydroxylation sites is 1. The van der Waals surface area contributed by atoms with Gasteiger partial charge in [-0.3, -0.25) is 4.72 Å². The second-order valence-electron chi connectivity index (χ2n) is 6.34. The lowest BCUT2D eigenvalue weighted by Crippen LogP contribution is -2.15. The SMILES string of the molecule is O=C(O)c1cccc(CCc2ccccc2NS(=O)(=O)c2cc(Cl)ccc2Cl)c1. The minimum absolute atomic E-state index is 0.0740. The van der Waals surface area contributed by atoms with Gasteiger partial charge in [-0.1, -0.05) is 53.5 Å². The molecule has 3 aromatic rings. The summed E-state index contributed by atoms with van der Waals surface area (Å²) in [6, 6.07) is 17.9. The normalized spacial score (nSPS) is 11.2. The van der Waals surface area contributed by atoms with Gasteiger partial charge in [0.05, 0.1) is 16.3 Å². The third kappa shape index (κ3) is 5.29. The maximum absolute atomic E-state index is 12.8. The number of hydrogen-bond acceptors (Lipinski definition) is 3. The number of aryl methyl sites for hydroxylation is 2. The van der Waals surface area contributed by atoms with Gasteiger partial charge in [0.2, 0.25) is 0 Å². The first-order chi connectivity index (χ1) is 13.8. The van der Waals surface area contributed by atoms with Gasteiger partial charge in [0.1, 0.15) is 4.90 Å². The van der Waals surface area contributed by atoms with Crippen LogP contribution in [0.4, 0.5) is 5.69 Å². The molecule has 5 nitrogen and oxygen atoms in total. The minimum Gasteiger partial charge on any atom is -0.478 e. The summed E-state index contributed by atoms with van der Waals surface area (Å²) in [7, 11) is -3.93. The van der Waals surface area contributed by atoms with Gasteiger partial charge in [-0.2, -0.15) is 0 Å². The van der Waals surface area contributed by atoms with Gasteiger partial charge in [0, 0.05) is 5.02 Å². The summed E-state index contributed by atoms with van der Waals surface area (Å²) < 4.78 is 28.2. The van der Waals surface area contributed by atoms with Crippen molar-refractivity contribution in [1.29, 1.82) is 0 Å². The highest BCUT2D eigenvalue weighted by molar-refractivity contribution is 7.92. The first-order valence-electron chi connectivity index (χ1n) is 8.64. The molecule has 0 unspecified atom stereocenters. The molecule has 0 bridgehead atoms. The molecule has 3 aromatic carbocycles. The Kier molecular flexibility index (Phi) is 6.47. The highest BCUT2D eigenvalue weighted by Gasteiger charge is 2.20. The van der Waals surface area contributed by atoms with E-state index in [4.69, 9.17) is 28.3 Å². The predicted molar refractivity (Wildman–Crippen MR) is 115 cm³/mol. The largest absolute Gasteiger partial charge is 0.478 e. The summed E-state index contributed by atoms with van der Waals surface area (Å²) in [5.74, 6) is -0.988. The van der Waals surface area contributed by atoms with Crippen molar-refractivity contribution >= 4 is 44.9 Å². The molecular weight excluding hydrogens is 433 g/mol. The summed E-state index contributed by atoms with van der Waals surface area (Å²) in [5.41, 5.74) is 2.26. The number of halogens is 2. The molecule has 0 saturated heterocycles. The highest BCUT2D eigenvalue weighted by atomic mass is 35.5. The highest BCUT2D eigenvalue weighted by Crippen LogP contribution is 2.28. The summed E-state index contributed by atoms with van der Waals surface area (Å²) in [6.45, 7) is 0. The van der Waals surface area contributed by atoms with Crippen LogP contribution in [0.15, 0.2) is 71.6 Å². The number of aromatic carboxylic acids is 1. The molecule has 0 aromatic heterocycles. The van der Waals surface area contributed by atoms with Crippen LogP contribution in [-0.2, 0) is 22.9 Å². The second kappa shape index (κ2) is 8.86. The predicted octanol–water partition coefficient (Wildman–Crippen LogP) is 5.28. The van der Waals surface area contributed by atoms with Gasteiger partial charge < -0.3 is 5.11 Å². The molecule has 3 rings (SSSR count). The maximum atomic E-state index is 12.8. The topological polar surface area (TPSA) is 83.5 Å². The quantitative estimate of drug-likeness (QED) is 0.513. The van der Waals surface area contributed by atoms with Gasteiger partial charge in [0.25, 0.3) is 10.0 Å². The van der Waals surface area contributed by atoms with Crippen molar-refractivity contribution < 1.29 is 18.3 Å². The zero-order valence-electron chi connectivity index (χ0n) is 15.1. The van der Waals surface area contributed by atoms with Crippen LogP contribution in [0.25, 0.3) is 0 Å². The van der Waals surface area contributed by atoms with Gasteiger partial charge in [0.15, 0.2) is 0 Å². The van der Waals surface area contributed by atoms with E-state index in [0.29, 0.717) is 18.5 Å². The fourth-order valence-electron chi connectivity index (χ4n) is 2.86. The third-order valence-electron chi connectivity index (χ3n) is 4.30. The van der Waals surface area contributed by atoms with Crippen molar-refractivity contribution in [3.63, 3.8) is 0 Å². The number of benzene rings is 3. The Bertz CT molecular complexity index is 1160. The van der Waals surface area contributed by atoms with E-state index in [1.54, 1.807) is 24.3 Å². The molecule has 0 radical (unpaired) electrons. The van der Waals surface area contributed by atoms with Crippen molar-refractivity contribution in [2.45, 2.75) is 17.7 Å². The molecule has 0 aliphatic rings. The van der Waals surface area contributed by atoms with Crippen LogP contribution in [0.3, 0.4) is 0 Å². The number of rotatable bonds is 7.